The number of amides is 1. The highest BCUT2D eigenvalue weighted by Crippen LogP contribution is 2.25. The van der Waals surface area contributed by atoms with Gasteiger partial charge in [0.05, 0.1) is 11.8 Å². The summed E-state index contributed by atoms with van der Waals surface area (Å²) in [6.07, 6.45) is 2.37. The van der Waals surface area contributed by atoms with Crippen LogP contribution in [0.2, 0.25) is 0 Å². The molecule has 1 aliphatic heterocycles. The van der Waals surface area contributed by atoms with Crippen LogP contribution in [0.1, 0.15) is 20.3 Å². The Balaban J connectivity index is 1.44. The van der Waals surface area contributed by atoms with Crippen LogP contribution in [-0.2, 0) is 4.79 Å². The first-order valence-electron chi connectivity index (χ1n) is 9.55. The maximum atomic E-state index is 12.4. The van der Waals surface area contributed by atoms with Crippen molar-refractivity contribution in [3.05, 3.63) is 48.7 Å². The van der Waals surface area contributed by atoms with Crippen LogP contribution < -0.4 is 15.0 Å². The number of pyridine rings is 1. The van der Waals surface area contributed by atoms with E-state index >= 15 is 0 Å². The zero-order valence-electron chi connectivity index (χ0n) is 16.1. The number of ether oxygens (including phenoxy) is 1. The molecule has 0 spiro atoms. The number of para-hydroxylation sites is 2. The van der Waals surface area contributed by atoms with E-state index in [1.165, 1.54) is 0 Å². The monoisotopic (exact) mass is 368 g/mol. The van der Waals surface area contributed by atoms with Crippen molar-refractivity contribution in [2.75, 3.05) is 42.9 Å². The summed E-state index contributed by atoms with van der Waals surface area (Å²) in [6, 6.07) is 13.6. The minimum absolute atomic E-state index is 0.0157. The normalized spacial score (nSPS) is 15.0. The number of anilines is 2. The summed E-state index contributed by atoms with van der Waals surface area (Å²) in [5.41, 5.74) is 0.733. The van der Waals surface area contributed by atoms with Gasteiger partial charge in [0.25, 0.3) is 0 Å². The van der Waals surface area contributed by atoms with Crippen LogP contribution >= 0.6 is 0 Å². The molecule has 0 saturated carbocycles. The second kappa shape index (κ2) is 9.37. The number of hydrogen-bond donors (Lipinski definition) is 1. The van der Waals surface area contributed by atoms with E-state index in [1.807, 2.05) is 62.5 Å². The van der Waals surface area contributed by atoms with Crippen LogP contribution in [0.5, 0.6) is 5.75 Å². The maximum Gasteiger partial charge on any atom is 0.225 e. The largest absolute Gasteiger partial charge is 0.489 e. The van der Waals surface area contributed by atoms with Crippen molar-refractivity contribution < 1.29 is 9.53 Å². The van der Waals surface area contributed by atoms with Crippen molar-refractivity contribution in [1.29, 1.82) is 0 Å². The van der Waals surface area contributed by atoms with Crippen molar-refractivity contribution in [3.8, 4) is 5.75 Å². The lowest BCUT2D eigenvalue weighted by atomic mass is 10.2. The minimum atomic E-state index is 0.0157. The lowest BCUT2D eigenvalue weighted by Crippen LogP contribution is -2.47. The Morgan fingerprint density at radius 2 is 1.85 bits per heavy atom. The molecular formula is C21H28N4O2. The molecule has 1 aromatic heterocycles. The number of nitrogens with zero attached hydrogens (tertiary/aromatic N) is 3. The Morgan fingerprint density at radius 1 is 1.11 bits per heavy atom. The SMILES string of the molecule is CC(C)Oc1ccccc1NC(=O)CCN1CCN(c2ccccn2)CC1. The van der Waals surface area contributed by atoms with Crippen LogP contribution in [-0.4, -0.2) is 54.6 Å². The zero-order valence-corrected chi connectivity index (χ0v) is 16.1. The van der Waals surface area contributed by atoms with E-state index in [9.17, 15) is 4.79 Å². The molecule has 1 N–H and O–H groups in total. The first-order valence-corrected chi connectivity index (χ1v) is 9.55. The molecule has 2 heterocycles. The van der Waals surface area contributed by atoms with Gasteiger partial charge in [0.15, 0.2) is 0 Å². The molecule has 3 rings (SSSR count). The summed E-state index contributed by atoms with van der Waals surface area (Å²) in [6.45, 7) is 8.46. The fourth-order valence-corrected chi connectivity index (χ4v) is 3.14. The van der Waals surface area contributed by atoms with E-state index in [0.29, 0.717) is 12.2 Å². The predicted octanol–water partition coefficient (Wildman–Crippen LogP) is 3.02. The van der Waals surface area contributed by atoms with E-state index < -0.39 is 0 Å². The highest BCUT2D eigenvalue weighted by Gasteiger charge is 2.18. The number of nitrogens with one attached hydrogen (secondary N) is 1. The van der Waals surface area contributed by atoms with Crippen LogP contribution in [0.4, 0.5) is 11.5 Å². The van der Waals surface area contributed by atoms with E-state index in [-0.39, 0.29) is 12.0 Å². The smallest absolute Gasteiger partial charge is 0.225 e. The van der Waals surface area contributed by atoms with E-state index in [1.54, 1.807) is 0 Å². The molecule has 0 radical (unpaired) electrons. The molecule has 0 aliphatic carbocycles. The molecule has 1 saturated heterocycles. The Kier molecular flexibility index (Phi) is 6.65. The summed E-state index contributed by atoms with van der Waals surface area (Å²) in [5.74, 6) is 1.75. The molecule has 1 amide bonds. The van der Waals surface area contributed by atoms with Crippen LogP contribution in [0.3, 0.4) is 0 Å². The third-order valence-corrected chi connectivity index (χ3v) is 4.52. The lowest BCUT2D eigenvalue weighted by molar-refractivity contribution is -0.116. The molecule has 0 bridgehead atoms. The molecule has 27 heavy (non-hydrogen) atoms. The molecule has 1 aliphatic rings. The molecule has 6 nitrogen and oxygen atoms in total. The third kappa shape index (κ3) is 5.69. The molecule has 1 aromatic carbocycles. The van der Waals surface area contributed by atoms with E-state index in [4.69, 9.17) is 4.74 Å². The number of carbonyl (C=O) groups excluding carboxylic acids is 1. The Morgan fingerprint density at radius 3 is 2.56 bits per heavy atom. The fraction of sp³-hybridized carbons (Fsp3) is 0.429. The van der Waals surface area contributed by atoms with Gasteiger partial charge < -0.3 is 15.0 Å². The quantitative estimate of drug-likeness (QED) is 0.814. The standard InChI is InChI=1S/C21H28N4O2/c1-17(2)27-19-8-4-3-7-18(19)23-21(26)10-12-24-13-15-25(16-14-24)20-9-5-6-11-22-20/h3-9,11,17H,10,12-16H2,1-2H3,(H,23,26). The van der Waals surface area contributed by atoms with Gasteiger partial charge in [-0.3, -0.25) is 9.69 Å². The molecule has 0 unspecified atom stereocenters. The lowest BCUT2D eigenvalue weighted by Gasteiger charge is -2.35. The summed E-state index contributed by atoms with van der Waals surface area (Å²) in [4.78, 5) is 21.4. The van der Waals surface area contributed by atoms with Crippen LogP contribution in [0, 0.1) is 0 Å². The van der Waals surface area contributed by atoms with Gasteiger partial charge in [0.2, 0.25) is 5.91 Å². The van der Waals surface area contributed by atoms with E-state index in [0.717, 1.165) is 44.2 Å². The van der Waals surface area contributed by atoms with Gasteiger partial charge in [-0.05, 0) is 38.1 Å². The van der Waals surface area contributed by atoms with Crippen molar-refractivity contribution >= 4 is 17.4 Å². The number of benzene rings is 1. The van der Waals surface area contributed by atoms with Crippen molar-refractivity contribution in [2.45, 2.75) is 26.4 Å². The molecule has 2 aromatic rings. The van der Waals surface area contributed by atoms with Gasteiger partial charge >= 0.3 is 0 Å². The summed E-state index contributed by atoms with van der Waals surface area (Å²) in [5, 5.41) is 2.98. The van der Waals surface area contributed by atoms with Gasteiger partial charge in [-0.1, -0.05) is 18.2 Å². The summed E-state index contributed by atoms with van der Waals surface area (Å²) in [7, 11) is 0. The number of piperazine rings is 1. The second-order valence-corrected chi connectivity index (χ2v) is 6.98. The average molecular weight is 368 g/mol. The van der Waals surface area contributed by atoms with Gasteiger partial charge in [-0.2, -0.15) is 0 Å². The topological polar surface area (TPSA) is 57.7 Å². The van der Waals surface area contributed by atoms with Crippen molar-refractivity contribution in [1.82, 2.24) is 9.88 Å². The molecular weight excluding hydrogens is 340 g/mol. The number of rotatable bonds is 7. The van der Waals surface area contributed by atoms with Crippen molar-refractivity contribution in [2.24, 2.45) is 0 Å². The maximum absolute atomic E-state index is 12.4. The van der Waals surface area contributed by atoms with Gasteiger partial charge in [-0.25, -0.2) is 4.98 Å². The minimum Gasteiger partial charge on any atom is -0.489 e. The number of carbonyl (C=O) groups is 1. The second-order valence-electron chi connectivity index (χ2n) is 6.98. The fourth-order valence-electron chi connectivity index (χ4n) is 3.14. The highest BCUT2D eigenvalue weighted by molar-refractivity contribution is 5.92. The highest BCUT2D eigenvalue weighted by atomic mass is 16.5. The third-order valence-electron chi connectivity index (χ3n) is 4.52. The van der Waals surface area contributed by atoms with Gasteiger partial charge in [0, 0.05) is 45.3 Å². The zero-order chi connectivity index (χ0) is 19.1. The predicted molar refractivity (Wildman–Crippen MR) is 108 cm³/mol. The first-order chi connectivity index (χ1) is 13.1. The van der Waals surface area contributed by atoms with Crippen LogP contribution in [0.15, 0.2) is 48.7 Å². The molecule has 1 fully saturated rings. The Labute approximate surface area is 161 Å². The Bertz CT molecular complexity index is 728. The number of hydrogen-bond acceptors (Lipinski definition) is 5. The first kappa shape index (κ1) is 19.2. The summed E-state index contributed by atoms with van der Waals surface area (Å²) >= 11 is 0. The summed E-state index contributed by atoms with van der Waals surface area (Å²) < 4.78 is 5.76. The number of aromatic nitrogens is 1. The molecule has 6 heteroatoms. The molecule has 144 valence electrons. The van der Waals surface area contributed by atoms with E-state index in [2.05, 4.69) is 20.1 Å². The van der Waals surface area contributed by atoms with Crippen molar-refractivity contribution in [3.63, 3.8) is 0 Å². The van der Waals surface area contributed by atoms with Gasteiger partial charge in [-0.15, -0.1) is 0 Å². The van der Waals surface area contributed by atoms with Crippen LogP contribution in [0.25, 0.3) is 0 Å². The van der Waals surface area contributed by atoms with Gasteiger partial charge in [0.1, 0.15) is 11.6 Å². The Hall–Kier alpha value is -2.60. The molecule has 0 atom stereocenters. The average Bonchev–Trinajstić information content (AvgIpc) is 2.69.